The van der Waals surface area contributed by atoms with Crippen LogP contribution in [0, 0.1) is 0 Å². The van der Waals surface area contributed by atoms with Gasteiger partial charge >= 0.3 is 0 Å². The third kappa shape index (κ3) is 4.51. The van der Waals surface area contributed by atoms with E-state index in [-0.39, 0.29) is 13.2 Å². The van der Waals surface area contributed by atoms with Crippen molar-refractivity contribution in [1.29, 1.82) is 0 Å². The van der Waals surface area contributed by atoms with Crippen molar-refractivity contribution in [2.75, 3.05) is 26.9 Å². The Kier molecular flexibility index (Phi) is 7.06. The number of methoxy groups -OCH3 is 1. The average molecular weight is 196 g/mol. The largest absolute Gasteiger partial charge is 0.394 e. The molecular weight excluding hydrogens is 180 g/mol. The van der Waals surface area contributed by atoms with Crippen LogP contribution in [0.2, 0.25) is 0 Å². The maximum Gasteiger partial charge on any atom is 0.185 e. The summed E-state index contributed by atoms with van der Waals surface area (Å²) in [6.45, 7) is -1.27. The summed E-state index contributed by atoms with van der Waals surface area (Å²) in [5, 5.41) is 34.9. The average Bonchev–Trinajstić information content (AvgIpc) is 2.19. The zero-order valence-corrected chi connectivity index (χ0v) is 7.46. The highest BCUT2D eigenvalue weighted by atomic mass is 16.7. The molecule has 2 unspecified atom stereocenters. The first-order chi connectivity index (χ1) is 6.19. The lowest BCUT2D eigenvalue weighted by atomic mass is 10.3. The van der Waals surface area contributed by atoms with E-state index in [1.807, 2.05) is 0 Å². The number of hydrogen-bond donors (Lipinski definition) is 4. The summed E-state index contributed by atoms with van der Waals surface area (Å²) in [5.74, 6) is 0. The summed E-state index contributed by atoms with van der Waals surface area (Å²) in [6.07, 6.45) is -3.05. The Labute approximate surface area is 76.3 Å². The minimum Gasteiger partial charge on any atom is -0.394 e. The fourth-order valence-corrected chi connectivity index (χ4v) is 0.723. The maximum atomic E-state index is 9.09. The van der Waals surface area contributed by atoms with E-state index in [1.165, 1.54) is 7.11 Å². The number of ether oxygens (including phenoxy) is 2. The van der Waals surface area contributed by atoms with E-state index in [0.717, 1.165) is 0 Å². The second-order valence-electron chi connectivity index (χ2n) is 2.48. The van der Waals surface area contributed by atoms with Gasteiger partial charge in [-0.3, -0.25) is 0 Å². The number of rotatable bonds is 7. The van der Waals surface area contributed by atoms with Gasteiger partial charge in [0, 0.05) is 7.11 Å². The molecule has 0 spiro atoms. The predicted octanol–water partition coefficient (Wildman–Crippen LogP) is -2.32. The molecule has 6 heteroatoms. The van der Waals surface area contributed by atoms with Crippen LogP contribution in [0.15, 0.2) is 0 Å². The van der Waals surface area contributed by atoms with Crippen LogP contribution in [0.1, 0.15) is 0 Å². The minimum absolute atomic E-state index is 0.380. The molecule has 0 amide bonds. The molecule has 0 aliphatic rings. The second-order valence-corrected chi connectivity index (χ2v) is 2.48. The molecule has 0 fully saturated rings. The fraction of sp³-hybridized carbons (Fsp3) is 1.00. The van der Waals surface area contributed by atoms with Gasteiger partial charge in [-0.2, -0.15) is 0 Å². The predicted molar refractivity (Wildman–Crippen MR) is 42.9 cm³/mol. The summed E-state index contributed by atoms with van der Waals surface area (Å²) in [5.41, 5.74) is 0. The molecule has 0 aromatic carbocycles. The van der Waals surface area contributed by atoms with Gasteiger partial charge in [0.05, 0.1) is 19.8 Å². The Balaban J connectivity index is 3.94. The molecule has 0 bridgehead atoms. The first kappa shape index (κ1) is 12.8. The van der Waals surface area contributed by atoms with Crippen LogP contribution < -0.4 is 0 Å². The third-order valence-electron chi connectivity index (χ3n) is 1.47. The van der Waals surface area contributed by atoms with Gasteiger partial charge in [0.15, 0.2) is 6.29 Å². The fourth-order valence-electron chi connectivity index (χ4n) is 0.723. The second kappa shape index (κ2) is 7.19. The van der Waals surface area contributed by atoms with Crippen molar-refractivity contribution in [3.8, 4) is 0 Å². The van der Waals surface area contributed by atoms with Crippen LogP contribution in [-0.2, 0) is 9.47 Å². The number of aliphatic hydroxyl groups is 4. The summed E-state index contributed by atoms with van der Waals surface area (Å²) < 4.78 is 9.60. The summed E-state index contributed by atoms with van der Waals surface area (Å²) in [6, 6.07) is 0. The van der Waals surface area contributed by atoms with Crippen molar-refractivity contribution < 1.29 is 29.9 Å². The number of aliphatic hydroxyl groups excluding tert-OH is 4. The van der Waals surface area contributed by atoms with Crippen LogP contribution in [-0.4, -0.2) is 65.9 Å². The number of hydrogen-bond acceptors (Lipinski definition) is 6. The molecule has 13 heavy (non-hydrogen) atoms. The molecule has 0 saturated heterocycles. The van der Waals surface area contributed by atoms with Crippen molar-refractivity contribution in [3.05, 3.63) is 0 Å². The van der Waals surface area contributed by atoms with E-state index < -0.39 is 25.1 Å². The molecule has 0 aromatic rings. The molecule has 0 heterocycles. The summed E-state index contributed by atoms with van der Waals surface area (Å²) >= 11 is 0. The van der Waals surface area contributed by atoms with Crippen molar-refractivity contribution in [3.63, 3.8) is 0 Å². The quantitative estimate of drug-likeness (QED) is 0.341. The Hall–Kier alpha value is -0.240. The van der Waals surface area contributed by atoms with E-state index in [1.54, 1.807) is 0 Å². The van der Waals surface area contributed by atoms with Crippen molar-refractivity contribution in [2.24, 2.45) is 0 Å². The molecule has 0 aliphatic carbocycles. The molecule has 4 N–H and O–H groups in total. The molecule has 0 saturated carbocycles. The van der Waals surface area contributed by atoms with Crippen LogP contribution in [0.25, 0.3) is 0 Å². The molecule has 80 valence electrons. The highest BCUT2D eigenvalue weighted by molar-refractivity contribution is 4.61. The lowest BCUT2D eigenvalue weighted by molar-refractivity contribution is -0.221. The van der Waals surface area contributed by atoms with Crippen LogP contribution in [0.4, 0.5) is 0 Å². The van der Waals surface area contributed by atoms with E-state index >= 15 is 0 Å². The molecule has 2 atom stereocenters. The first-order valence-corrected chi connectivity index (χ1v) is 3.88. The monoisotopic (exact) mass is 196 g/mol. The Morgan fingerprint density at radius 3 is 1.92 bits per heavy atom. The normalized spacial score (nSPS) is 16.2. The van der Waals surface area contributed by atoms with Crippen LogP contribution in [0.3, 0.4) is 0 Å². The van der Waals surface area contributed by atoms with E-state index in [0.29, 0.717) is 0 Å². The van der Waals surface area contributed by atoms with E-state index in [2.05, 4.69) is 4.74 Å². The lowest BCUT2D eigenvalue weighted by Crippen LogP contribution is -2.39. The van der Waals surface area contributed by atoms with Gasteiger partial charge in [-0.25, -0.2) is 0 Å². The van der Waals surface area contributed by atoms with Crippen molar-refractivity contribution >= 4 is 0 Å². The van der Waals surface area contributed by atoms with Crippen LogP contribution in [0.5, 0.6) is 0 Å². The van der Waals surface area contributed by atoms with Crippen molar-refractivity contribution in [1.82, 2.24) is 0 Å². The molecule has 0 aromatic heterocycles. The Bertz CT molecular complexity index is 116. The van der Waals surface area contributed by atoms with E-state index in [4.69, 9.17) is 25.2 Å². The molecule has 0 radical (unpaired) electrons. The van der Waals surface area contributed by atoms with Gasteiger partial charge in [0.2, 0.25) is 0 Å². The third-order valence-corrected chi connectivity index (χ3v) is 1.47. The highest BCUT2D eigenvalue weighted by Gasteiger charge is 2.22. The van der Waals surface area contributed by atoms with Gasteiger partial charge in [-0.1, -0.05) is 0 Å². The standard InChI is InChI=1S/C7H16O6/c1-12-7(6(11)4-10)13-5(2-8)3-9/h5-11H,2-4H2,1H3. The smallest absolute Gasteiger partial charge is 0.185 e. The van der Waals surface area contributed by atoms with Crippen LogP contribution >= 0.6 is 0 Å². The van der Waals surface area contributed by atoms with Gasteiger partial charge in [0.25, 0.3) is 0 Å². The minimum atomic E-state index is -1.19. The van der Waals surface area contributed by atoms with Gasteiger partial charge in [-0.05, 0) is 0 Å². The van der Waals surface area contributed by atoms with Crippen molar-refractivity contribution in [2.45, 2.75) is 18.5 Å². The maximum absolute atomic E-state index is 9.09. The van der Waals surface area contributed by atoms with Gasteiger partial charge in [-0.15, -0.1) is 0 Å². The zero-order chi connectivity index (χ0) is 10.3. The zero-order valence-electron chi connectivity index (χ0n) is 7.46. The Morgan fingerprint density at radius 1 is 1.08 bits per heavy atom. The van der Waals surface area contributed by atoms with E-state index in [9.17, 15) is 0 Å². The lowest BCUT2D eigenvalue weighted by Gasteiger charge is -2.24. The molecule has 6 nitrogen and oxygen atoms in total. The molecule has 0 rings (SSSR count). The van der Waals surface area contributed by atoms with Gasteiger partial charge in [0.1, 0.15) is 12.2 Å². The SMILES string of the molecule is COC(OC(CO)CO)C(O)CO. The topological polar surface area (TPSA) is 99.4 Å². The molecule has 0 aliphatic heterocycles. The first-order valence-electron chi connectivity index (χ1n) is 3.88. The molecular formula is C7H16O6. The highest BCUT2D eigenvalue weighted by Crippen LogP contribution is 2.04. The summed E-state index contributed by atoms with van der Waals surface area (Å²) in [4.78, 5) is 0. The Morgan fingerprint density at radius 2 is 1.62 bits per heavy atom. The van der Waals surface area contributed by atoms with Gasteiger partial charge < -0.3 is 29.9 Å². The summed E-state index contributed by atoms with van der Waals surface area (Å²) in [7, 11) is 1.29.